The molecule has 1 fully saturated rings. The summed E-state index contributed by atoms with van der Waals surface area (Å²) in [5.41, 5.74) is 4.67. The Labute approximate surface area is 176 Å². The van der Waals surface area contributed by atoms with E-state index in [1.807, 2.05) is 0 Å². The minimum atomic E-state index is -4.66. The summed E-state index contributed by atoms with van der Waals surface area (Å²) in [7, 11) is 0. The van der Waals surface area contributed by atoms with E-state index >= 15 is 0 Å². The van der Waals surface area contributed by atoms with E-state index in [9.17, 15) is 27.9 Å². The van der Waals surface area contributed by atoms with E-state index in [1.165, 1.54) is 35.2 Å². The molecule has 162 valence electrons. The third-order valence-corrected chi connectivity index (χ3v) is 4.49. The van der Waals surface area contributed by atoms with Crippen molar-refractivity contribution in [1.29, 1.82) is 0 Å². The molecule has 0 bridgehead atoms. The Morgan fingerprint density at radius 2 is 2.00 bits per heavy atom. The Kier molecular flexibility index (Phi) is 7.27. The van der Waals surface area contributed by atoms with Gasteiger partial charge in [0, 0.05) is 24.7 Å². The zero-order chi connectivity index (χ0) is 21.2. The lowest BCUT2D eigenvalue weighted by Gasteiger charge is -2.21. The summed E-state index contributed by atoms with van der Waals surface area (Å²) in [6.45, 7) is 0.182. The van der Waals surface area contributed by atoms with Crippen molar-refractivity contribution in [3.05, 3.63) is 53.2 Å². The highest BCUT2D eigenvalue weighted by Crippen LogP contribution is 2.31. The van der Waals surface area contributed by atoms with Gasteiger partial charge in [-0.25, -0.2) is 9.78 Å². The van der Waals surface area contributed by atoms with Gasteiger partial charge in [-0.15, -0.1) is 12.4 Å². The van der Waals surface area contributed by atoms with Crippen LogP contribution in [0.5, 0.6) is 11.6 Å². The standard InChI is InChI=1S/C19H18F3N3O4.ClH/c20-19(21,22)15-7-11(10-23)8-16(24-15)29-13-4-1-3-12(9-13)17(26)25-6-2-5-14(25)18(27)28;/h1,3-4,7-9,14H,2,5-6,10,23H2,(H,27,28);1H. The summed E-state index contributed by atoms with van der Waals surface area (Å²) < 4.78 is 44.5. The number of aromatic nitrogens is 1. The summed E-state index contributed by atoms with van der Waals surface area (Å²) in [4.78, 5) is 28.7. The number of amides is 1. The van der Waals surface area contributed by atoms with Gasteiger partial charge in [-0.1, -0.05) is 6.07 Å². The number of ether oxygens (including phenoxy) is 1. The van der Waals surface area contributed by atoms with E-state index in [4.69, 9.17) is 10.5 Å². The molecule has 7 nitrogen and oxygen atoms in total. The Morgan fingerprint density at radius 3 is 2.63 bits per heavy atom. The maximum absolute atomic E-state index is 13.0. The van der Waals surface area contributed by atoms with Gasteiger partial charge in [0.2, 0.25) is 5.88 Å². The quantitative estimate of drug-likeness (QED) is 0.730. The van der Waals surface area contributed by atoms with Crippen LogP contribution in [0.2, 0.25) is 0 Å². The molecule has 1 aromatic heterocycles. The number of alkyl halides is 3. The molecule has 1 aliphatic heterocycles. The summed E-state index contributed by atoms with van der Waals surface area (Å²) in [5.74, 6) is -1.78. The molecule has 3 rings (SSSR count). The number of hydrogen-bond donors (Lipinski definition) is 2. The zero-order valence-corrected chi connectivity index (χ0v) is 16.4. The molecule has 1 unspecified atom stereocenters. The Bertz CT molecular complexity index is 939. The first-order chi connectivity index (χ1) is 13.7. The first-order valence-corrected chi connectivity index (χ1v) is 8.79. The van der Waals surface area contributed by atoms with Crippen molar-refractivity contribution in [2.45, 2.75) is 31.6 Å². The monoisotopic (exact) mass is 445 g/mol. The lowest BCUT2D eigenvalue weighted by Crippen LogP contribution is -2.40. The molecule has 11 heteroatoms. The molecule has 0 aliphatic carbocycles. The predicted octanol–water partition coefficient (Wildman–Crippen LogP) is 3.46. The fraction of sp³-hybridized carbons (Fsp3) is 0.316. The van der Waals surface area contributed by atoms with Crippen molar-refractivity contribution >= 4 is 24.3 Å². The van der Waals surface area contributed by atoms with Crippen LogP contribution in [-0.4, -0.2) is 39.5 Å². The van der Waals surface area contributed by atoms with Gasteiger partial charge in [-0.3, -0.25) is 4.79 Å². The average Bonchev–Trinajstić information content (AvgIpc) is 3.17. The number of carboxylic acid groups (broad SMARTS) is 1. The van der Waals surface area contributed by atoms with Gasteiger partial charge in [0.1, 0.15) is 17.5 Å². The van der Waals surface area contributed by atoms with Gasteiger partial charge in [0.15, 0.2) is 0 Å². The van der Waals surface area contributed by atoms with Crippen LogP contribution in [0.4, 0.5) is 13.2 Å². The second kappa shape index (κ2) is 9.31. The summed E-state index contributed by atoms with van der Waals surface area (Å²) in [6, 6.07) is 6.99. The lowest BCUT2D eigenvalue weighted by molar-refractivity contribution is -0.142. The molecule has 0 radical (unpaired) electrons. The molecule has 0 spiro atoms. The molecule has 2 heterocycles. The number of likely N-dealkylation sites (tertiary alicyclic amines) is 1. The van der Waals surface area contributed by atoms with Crippen LogP contribution < -0.4 is 10.5 Å². The molecular weight excluding hydrogens is 427 g/mol. The molecule has 1 atom stereocenters. The minimum Gasteiger partial charge on any atom is -0.480 e. The molecule has 30 heavy (non-hydrogen) atoms. The number of carbonyl (C=O) groups is 2. The van der Waals surface area contributed by atoms with Gasteiger partial charge >= 0.3 is 12.1 Å². The number of rotatable bonds is 5. The number of halogens is 4. The molecule has 1 saturated heterocycles. The van der Waals surface area contributed by atoms with E-state index in [2.05, 4.69) is 4.98 Å². The normalized spacial score (nSPS) is 16.1. The maximum Gasteiger partial charge on any atom is 0.433 e. The highest BCUT2D eigenvalue weighted by Gasteiger charge is 2.35. The van der Waals surface area contributed by atoms with Crippen molar-refractivity contribution in [3.63, 3.8) is 0 Å². The van der Waals surface area contributed by atoms with Crippen LogP contribution in [0.3, 0.4) is 0 Å². The summed E-state index contributed by atoms with van der Waals surface area (Å²) in [6.07, 6.45) is -3.72. The van der Waals surface area contributed by atoms with Crippen molar-refractivity contribution in [2.75, 3.05) is 6.54 Å². The number of carbonyl (C=O) groups excluding carboxylic acids is 1. The van der Waals surface area contributed by atoms with Crippen molar-refractivity contribution in [2.24, 2.45) is 5.73 Å². The van der Waals surface area contributed by atoms with Crippen molar-refractivity contribution in [1.82, 2.24) is 9.88 Å². The molecule has 1 aromatic carbocycles. The second-order valence-electron chi connectivity index (χ2n) is 6.53. The van der Waals surface area contributed by atoms with E-state index in [0.717, 1.165) is 6.07 Å². The molecule has 3 N–H and O–H groups in total. The Morgan fingerprint density at radius 1 is 1.27 bits per heavy atom. The third-order valence-electron chi connectivity index (χ3n) is 4.49. The van der Waals surface area contributed by atoms with Crippen LogP contribution in [0.25, 0.3) is 0 Å². The van der Waals surface area contributed by atoms with Crippen molar-refractivity contribution < 1.29 is 32.6 Å². The molecule has 1 amide bonds. The van der Waals surface area contributed by atoms with E-state index < -0.39 is 29.8 Å². The number of benzene rings is 1. The number of nitrogens with two attached hydrogens (primary N) is 1. The van der Waals surface area contributed by atoms with E-state index in [1.54, 1.807) is 0 Å². The lowest BCUT2D eigenvalue weighted by atomic mass is 10.1. The highest BCUT2D eigenvalue weighted by molar-refractivity contribution is 5.97. The van der Waals surface area contributed by atoms with Crippen LogP contribution >= 0.6 is 12.4 Å². The molecule has 1 aliphatic rings. The smallest absolute Gasteiger partial charge is 0.433 e. The SMILES string of the molecule is Cl.NCc1cc(Oc2cccc(C(=O)N3CCCC3C(=O)O)c2)nc(C(F)(F)F)c1. The fourth-order valence-electron chi connectivity index (χ4n) is 3.12. The number of aliphatic carboxylic acids is 1. The Hall–Kier alpha value is -2.85. The topological polar surface area (TPSA) is 106 Å². The number of carboxylic acids is 1. The van der Waals surface area contributed by atoms with Gasteiger partial charge in [-0.2, -0.15) is 13.2 Å². The maximum atomic E-state index is 13.0. The first kappa shape index (κ1) is 23.4. The van der Waals surface area contributed by atoms with Crippen molar-refractivity contribution in [3.8, 4) is 11.6 Å². The van der Waals surface area contributed by atoms with E-state index in [0.29, 0.717) is 19.4 Å². The zero-order valence-electron chi connectivity index (χ0n) is 15.6. The van der Waals surface area contributed by atoms with Gasteiger partial charge in [0.25, 0.3) is 5.91 Å². The van der Waals surface area contributed by atoms with Gasteiger partial charge < -0.3 is 20.5 Å². The predicted molar refractivity (Wildman–Crippen MR) is 103 cm³/mol. The Balaban J connectivity index is 0.00000320. The number of hydrogen-bond acceptors (Lipinski definition) is 5. The number of nitrogens with zero attached hydrogens (tertiary/aromatic N) is 2. The number of pyridine rings is 1. The molecular formula is C19H19ClF3N3O4. The highest BCUT2D eigenvalue weighted by atomic mass is 35.5. The van der Waals surface area contributed by atoms with Crippen LogP contribution in [0.1, 0.15) is 34.5 Å². The van der Waals surface area contributed by atoms with Crippen LogP contribution in [0, 0.1) is 0 Å². The second-order valence-corrected chi connectivity index (χ2v) is 6.53. The van der Waals surface area contributed by atoms with Gasteiger partial charge in [0.05, 0.1) is 0 Å². The van der Waals surface area contributed by atoms with E-state index in [-0.39, 0.29) is 41.7 Å². The largest absolute Gasteiger partial charge is 0.480 e. The fourth-order valence-corrected chi connectivity index (χ4v) is 3.12. The average molecular weight is 446 g/mol. The van der Waals surface area contributed by atoms with Crippen LogP contribution in [-0.2, 0) is 17.5 Å². The van der Waals surface area contributed by atoms with Crippen LogP contribution in [0.15, 0.2) is 36.4 Å². The first-order valence-electron chi connectivity index (χ1n) is 8.79. The van der Waals surface area contributed by atoms with Gasteiger partial charge in [-0.05, 0) is 42.7 Å². The minimum absolute atomic E-state index is 0. The summed E-state index contributed by atoms with van der Waals surface area (Å²) >= 11 is 0. The summed E-state index contributed by atoms with van der Waals surface area (Å²) in [5, 5.41) is 9.24. The molecule has 2 aromatic rings. The molecule has 0 saturated carbocycles. The third kappa shape index (κ3) is 5.19.